The summed E-state index contributed by atoms with van der Waals surface area (Å²) in [5.41, 5.74) is 0. The monoisotopic (exact) mass is 210 g/mol. The van der Waals surface area contributed by atoms with Crippen molar-refractivity contribution in [3.05, 3.63) is 25.3 Å². The lowest BCUT2D eigenvalue weighted by Gasteiger charge is -2.29. The van der Waals surface area contributed by atoms with E-state index in [1.54, 1.807) is 0 Å². The van der Waals surface area contributed by atoms with Crippen LogP contribution in [0, 0.1) is 0 Å². The van der Waals surface area contributed by atoms with E-state index in [9.17, 15) is 0 Å². The van der Waals surface area contributed by atoms with Crippen molar-refractivity contribution in [3.63, 3.8) is 0 Å². The highest BCUT2D eigenvalue weighted by Gasteiger charge is 2.13. The molecule has 0 saturated carbocycles. The summed E-state index contributed by atoms with van der Waals surface area (Å²) in [5, 5.41) is 3.47. The Morgan fingerprint density at radius 1 is 1.20 bits per heavy atom. The van der Waals surface area contributed by atoms with E-state index in [1.165, 1.54) is 12.8 Å². The summed E-state index contributed by atoms with van der Waals surface area (Å²) < 4.78 is 0. The van der Waals surface area contributed by atoms with Crippen LogP contribution in [-0.4, -0.2) is 37.1 Å². The predicted octanol–water partition coefficient (Wildman–Crippen LogP) is 2.44. The third-order valence-corrected chi connectivity index (χ3v) is 2.52. The lowest BCUT2D eigenvalue weighted by Crippen LogP contribution is -2.42. The molecule has 0 aromatic rings. The van der Waals surface area contributed by atoms with E-state index in [2.05, 4.69) is 37.2 Å². The van der Waals surface area contributed by atoms with Crippen molar-refractivity contribution in [2.75, 3.05) is 26.2 Å². The van der Waals surface area contributed by atoms with Gasteiger partial charge in [-0.25, -0.2) is 0 Å². The fourth-order valence-electron chi connectivity index (χ4n) is 1.68. The van der Waals surface area contributed by atoms with Gasteiger partial charge in [-0.2, -0.15) is 0 Å². The molecule has 0 aromatic carbocycles. The Labute approximate surface area is 95.0 Å². The Morgan fingerprint density at radius 2 is 1.80 bits per heavy atom. The van der Waals surface area contributed by atoms with Gasteiger partial charge in [0.1, 0.15) is 0 Å². The largest absolute Gasteiger partial charge is 0.315 e. The molecule has 0 aliphatic carbocycles. The van der Waals surface area contributed by atoms with Crippen molar-refractivity contribution < 1.29 is 0 Å². The quantitative estimate of drug-likeness (QED) is 0.440. The average Bonchev–Trinajstić information content (AvgIpc) is 2.24. The Hall–Kier alpha value is -0.600. The van der Waals surface area contributed by atoms with E-state index in [0.29, 0.717) is 6.04 Å². The number of hydrogen-bond donors (Lipinski definition) is 1. The van der Waals surface area contributed by atoms with Gasteiger partial charge in [-0.1, -0.05) is 26.0 Å². The zero-order valence-electron chi connectivity index (χ0n) is 10.3. The molecule has 1 N–H and O–H groups in total. The van der Waals surface area contributed by atoms with Gasteiger partial charge in [-0.05, 0) is 19.4 Å². The van der Waals surface area contributed by atoms with Gasteiger partial charge in [0.25, 0.3) is 0 Å². The molecule has 15 heavy (non-hydrogen) atoms. The summed E-state index contributed by atoms with van der Waals surface area (Å²) in [6.07, 6.45) is 6.29. The first-order chi connectivity index (χ1) is 7.29. The third-order valence-electron chi connectivity index (χ3n) is 2.52. The number of nitrogens with one attached hydrogen (secondary N) is 1. The van der Waals surface area contributed by atoms with Gasteiger partial charge >= 0.3 is 0 Å². The summed E-state index contributed by atoms with van der Waals surface area (Å²) in [5.74, 6) is 0. The molecule has 0 heterocycles. The van der Waals surface area contributed by atoms with Gasteiger partial charge in [0.2, 0.25) is 0 Å². The summed E-state index contributed by atoms with van der Waals surface area (Å²) in [4.78, 5) is 2.41. The number of nitrogens with zero attached hydrogens (tertiary/aromatic N) is 1. The minimum atomic E-state index is 0.590. The van der Waals surface area contributed by atoms with E-state index in [-0.39, 0.29) is 0 Å². The predicted molar refractivity (Wildman–Crippen MR) is 69.2 cm³/mol. The maximum atomic E-state index is 3.80. The molecular formula is C13H26N2. The topological polar surface area (TPSA) is 15.3 Å². The fourth-order valence-corrected chi connectivity index (χ4v) is 1.68. The first kappa shape index (κ1) is 14.4. The molecular weight excluding hydrogens is 184 g/mol. The highest BCUT2D eigenvalue weighted by Crippen LogP contribution is 2.03. The SMILES string of the molecule is C=CCN(CC=C)C(CC)CNCCC. The average molecular weight is 210 g/mol. The zero-order chi connectivity index (χ0) is 11.5. The minimum Gasteiger partial charge on any atom is -0.315 e. The van der Waals surface area contributed by atoms with Crippen molar-refractivity contribution in [1.82, 2.24) is 10.2 Å². The van der Waals surface area contributed by atoms with Crippen LogP contribution in [0.2, 0.25) is 0 Å². The molecule has 0 radical (unpaired) electrons. The van der Waals surface area contributed by atoms with E-state index in [1.807, 2.05) is 12.2 Å². The maximum absolute atomic E-state index is 3.80. The zero-order valence-corrected chi connectivity index (χ0v) is 10.3. The summed E-state index contributed by atoms with van der Waals surface area (Å²) in [6, 6.07) is 0.590. The Morgan fingerprint density at radius 3 is 2.20 bits per heavy atom. The molecule has 0 rings (SSSR count). The smallest absolute Gasteiger partial charge is 0.0224 e. The van der Waals surface area contributed by atoms with E-state index < -0.39 is 0 Å². The Balaban J connectivity index is 4.04. The first-order valence-electron chi connectivity index (χ1n) is 5.96. The van der Waals surface area contributed by atoms with Crippen LogP contribution in [0.3, 0.4) is 0 Å². The van der Waals surface area contributed by atoms with Crippen LogP contribution in [-0.2, 0) is 0 Å². The van der Waals surface area contributed by atoms with Gasteiger partial charge in [0.15, 0.2) is 0 Å². The molecule has 88 valence electrons. The van der Waals surface area contributed by atoms with Crippen LogP contribution in [0.15, 0.2) is 25.3 Å². The lowest BCUT2D eigenvalue weighted by molar-refractivity contribution is 0.227. The van der Waals surface area contributed by atoms with Gasteiger partial charge in [-0.15, -0.1) is 13.2 Å². The van der Waals surface area contributed by atoms with Crippen molar-refractivity contribution in [1.29, 1.82) is 0 Å². The van der Waals surface area contributed by atoms with Crippen LogP contribution in [0.25, 0.3) is 0 Å². The molecule has 0 aromatic heterocycles. The van der Waals surface area contributed by atoms with E-state index in [0.717, 1.165) is 26.2 Å². The third kappa shape index (κ3) is 6.47. The molecule has 0 spiro atoms. The van der Waals surface area contributed by atoms with Crippen LogP contribution in [0.4, 0.5) is 0 Å². The second-order valence-electron chi connectivity index (χ2n) is 3.80. The Kier molecular flexibility index (Phi) is 9.54. The van der Waals surface area contributed by atoms with Gasteiger partial charge < -0.3 is 5.32 Å². The van der Waals surface area contributed by atoms with Crippen LogP contribution in [0.5, 0.6) is 0 Å². The van der Waals surface area contributed by atoms with Crippen molar-refractivity contribution >= 4 is 0 Å². The molecule has 0 aliphatic heterocycles. The van der Waals surface area contributed by atoms with Crippen LogP contribution >= 0.6 is 0 Å². The molecule has 1 unspecified atom stereocenters. The molecule has 2 nitrogen and oxygen atoms in total. The molecule has 0 amide bonds. The minimum absolute atomic E-state index is 0.590. The van der Waals surface area contributed by atoms with Crippen molar-refractivity contribution in [3.8, 4) is 0 Å². The highest BCUT2D eigenvalue weighted by atomic mass is 15.2. The lowest BCUT2D eigenvalue weighted by atomic mass is 10.2. The molecule has 1 atom stereocenters. The van der Waals surface area contributed by atoms with E-state index >= 15 is 0 Å². The van der Waals surface area contributed by atoms with Gasteiger partial charge in [0, 0.05) is 25.7 Å². The Bertz CT molecular complexity index is 156. The second-order valence-corrected chi connectivity index (χ2v) is 3.80. The molecule has 0 saturated heterocycles. The van der Waals surface area contributed by atoms with Crippen molar-refractivity contribution in [2.24, 2.45) is 0 Å². The maximum Gasteiger partial charge on any atom is 0.0224 e. The molecule has 0 fully saturated rings. The number of rotatable bonds is 10. The molecule has 0 bridgehead atoms. The molecule has 2 heteroatoms. The fraction of sp³-hybridized carbons (Fsp3) is 0.692. The summed E-state index contributed by atoms with van der Waals surface area (Å²) in [7, 11) is 0. The molecule has 0 aliphatic rings. The highest BCUT2D eigenvalue weighted by molar-refractivity contribution is 4.85. The van der Waals surface area contributed by atoms with Crippen LogP contribution < -0.4 is 5.32 Å². The summed E-state index contributed by atoms with van der Waals surface area (Å²) in [6.45, 7) is 16.1. The van der Waals surface area contributed by atoms with Crippen molar-refractivity contribution in [2.45, 2.75) is 32.7 Å². The second kappa shape index (κ2) is 9.94. The van der Waals surface area contributed by atoms with Crippen LogP contribution in [0.1, 0.15) is 26.7 Å². The van der Waals surface area contributed by atoms with Gasteiger partial charge in [0.05, 0.1) is 0 Å². The number of hydrogen-bond acceptors (Lipinski definition) is 2. The van der Waals surface area contributed by atoms with E-state index in [4.69, 9.17) is 0 Å². The normalized spacial score (nSPS) is 12.7. The standard InChI is InChI=1S/C13H26N2/c1-5-9-14-12-13(8-4)15(10-6-2)11-7-3/h6-7,13-14H,2-3,5,8-12H2,1,4H3. The van der Waals surface area contributed by atoms with Gasteiger partial charge in [-0.3, -0.25) is 4.90 Å². The summed E-state index contributed by atoms with van der Waals surface area (Å²) >= 11 is 0. The first-order valence-corrected chi connectivity index (χ1v) is 5.96.